The van der Waals surface area contributed by atoms with Gasteiger partial charge in [-0.3, -0.25) is 24.3 Å². The first kappa shape index (κ1) is 27.9. The Labute approximate surface area is 248 Å². The fraction of sp³-hybridized carbons (Fsp3) is 0.370. The van der Waals surface area contributed by atoms with E-state index in [4.69, 9.17) is 10.6 Å². The standard InChI is InChI=1S/C27H27N7O6S2/c28-27-30-18(13-42-27)19(32-40-17-5-1-2-6-17)22(35)31-20-24(37)34-21(26(38)39)15(12-41-25(20)34)10-14-7-9-33(23(14)36)16-4-3-8-29-11-16/h3-4,8,10-11,13,17,20,25H,1-2,5-7,9,12H2,(H2,28,30)(H,31,35)(H,38,39)/b14-10?,32-19-/t20-,25-/m1/s1. The number of carboxylic acids is 1. The van der Waals surface area contributed by atoms with Crippen LogP contribution in [0.4, 0.5) is 10.8 Å². The molecule has 3 fully saturated rings. The molecule has 0 radical (unpaired) electrons. The molecule has 5 heterocycles. The van der Waals surface area contributed by atoms with Crippen LogP contribution in [0, 0.1) is 0 Å². The van der Waals surface area contributed by atoms with E-state index in [9.17, 15) is 24.3 Å². The number of carbonyl (C=O) groups excluding carboxylic acids is 3. The number of carbonyl (C=O) groups is 4. The Morgan fingerprint density at radius 2 is 2.07 bits per heavy atom. The van der Waals surface area contributed by atoms with Gasteiger partial charge in [0, 0.05) is 29.4 Å². The maximum atomic E-state index is 13.3. The molecule has 13 nitrogen and oxygen atoms in total. The highest BCUT2D eigenvalue weighted by atomic mass is 32.2. The first-order valence-corrected chi connectivity index (χ1v) is 15.3. The van der Waals surface area contributed by atoms with Gasteiger partial charge in [0.05, 0.1) is 11.9 Å². The first-order valence-electron chi connectivity index (χ1n) is 13.4. The molecule has 4 aliphatic rings. The lowest BCUT2D eigenvalue weighted by Crippen LogP contribution is -2.71. The Morgan fingerprint density at radius 1 is 1.26 bits per heavy atom. The van der Waals surface area contributed by atoms with E-state index in [1.54, 1.807) is 40.9 Å². The zero-order chi connectivity index (χ0) is 29.4. The van der Waals surface area contributed by atoms with Crippen molar-refractivity contribution in [1.82, 2.24) is 20.2 Å². The van der Waals surface area contributed by atoms with Crippen molar-refractivity contribution in [3.8, 4) is 0 Å². The second kappa shape index (κ2) is 11.6. The van der Waals surface area contributed by atoms with Crippen molar-refractivity contribution in [2.24, 2.45) is 5.16 Å². The minimum atomic E-state index is -1.29. The number of β-lactam (4-membered cyclic amide) rings is 1. The zero-order valence-corrected chi connectivity index (χ0v) is 23.9. The molecule has 4 N–H and O–H groups in total. The smallest absolute Gasteiger partial charge is 0.352 e. The van der Waals surface area contributed by atoms with Crippen molar-refractivity contribution in [3.05, 3.63) is 58.5 Å². The minimum Gasteiger partial charge on any atom is -0.477 e. The van der Waals surface area contributed by atoms with Gasteiger partial charge in [0.15, 0.2) is 10.8 Å². The van der Waals surface area contributed by atoms with Gasteiger partial charge in [-0.25, -0.2) is 9.78 Å². The van der Waals surface area contributed by atoms with E-state index < -0.39 is 29.2 Å². The van der Waals surface area contributed by atoms with Crippen LogP contribution in [0.3, 0.4) is 0 Å². The van der Waals surface area contributed by atoms with Crippen LogP contribution in [-0.2, 0) is 24.0 Å². The quantitative estimate of drug-likeness (QED) is 0.173. The number of hydrogen-bond donors (Lipinski definition) is 3. The van der Waals surface area contributed by atoms with Crippen molar-refractivity contribution in [3.63, 3.8) is 0 Å². The number of aromatic nitrogens is 2. The molecule has 3 aliphatic heterocycles. The summed E-state index contributed by atoms with van der Waals surface area (Å²) in [5.74, 6) is -2.53. The summed E-state index contributed by atoms with van der Waals surface area (Å²) in [6.07, 6.45) is 8.82. The van der Waals surface area contributed by atoms with Crippen molar-refractivity contribution in [1.29, 1.82) is 0 Å². The van der Waals surface area contributed by atoms with Crippen LogP contribution in [0.15, 0.2) is 58.0 Å². The average molecular weight is 610 g/mol. The van der Waals surface area contributed by atoms with E-state index in [-0.39, 0.29) is 40.0 Å². The summed E-state index contributed by atoms with van der Waals surface area (Å²) in [5, 5.41) is 18.0. The maximum absolute atomic E-state index is 13.3. The Hall–Kier alpha value is -4.24. The number of oxime groups is 1. The van der Waals surface area contributed by atoms with Crippen LogP contribution in [0.25, 0.3) is 0 Å². The number of nitrogens with zero attached hydrogens (tertiary/aromatic N) is 5. The molecule has 2 saturated heterocycles. The van der Waals surface area contributed by atoms with Gasteiger partial charge in [0.1, 0.15) is 28.9 Å². The number of nitrogen functional groups attached to an aromatic ring is 1. The van der Waals surface area contributed by atoms with Crippen molar-refractivity contribution in [2.45, 2.75) is 49.6 Å². The number of pyridine rings is 1. The van der Waals surface area contributed by atoms with E-state index >= 15 is 0 Å². The Balaban J connectivity index is 1.20. The first-order chi connectivity index (χ1) is 20.3. The molecule has 3 amide bonds. The maximum Gasteiger partial charge on any atom is 0.352 e. The number of thiazole rings is 1. The van der Waals surface area contributed by atoms with Crippen LogP contribution in [0.2, 0.25) is 0 Å². The van der Waals surface area contributed by atoms with Crippen molar-refractivity contribution >= 4 is 63.3 Å². The molecule has 1 aliphatic carbocycles. The van der Waals surface area contributed by atoms with Crippen LogP contribution < -0.4 is 16.0 Å². The summed E-state index contributed by atoms with van der Waals surface area (Å²) in [4.78, 5) is 68.5. The van der Waals surface area contributed by atoms with Gasteiger partial charge in [-0.15, -0.1) is 23.1 Å². The van der Waals surface area contributed by atoms with Crippen LogP contribution in [0.1, 0.15) is 37.8 Å². The highest BCUT2D eigenvalue weighted by Crippen LogP contribution is 2.41. The molecule has 0 bridgehead atoms. The van der Waals surface area contributed by atoms with Crippen molar-refractivity contribution < 1.29 is 29.1 Å². The molecule has 2 aromatic heterocycles. The lowest BCUT2D eigenvalue weighted by Gasteiger charge is -2.49. The Kier molecular flexibility index (Phi) is 7.68. The number of aliphatic carboxylic acids is 1. The molecule has 2 atom stereocenters. The number of fused-ring (bicyclic) bond motifs is 1. The van der Waals surface area contributed by atoms with E-state index in [1.165, 1.54) is 16.7 Å². The largest absolute Gasteiger partial charge is 0.477 e. The predicted octanol–water partition coefficient (Wildman–Crippen LogP) is 1.89. The van der Waals surface area contributed by atoms with E-state index in [0.29, 0.717) is 29.8 Å². The summed E-state index contributed by atoms with van der Waals surface area (Å²) in [6, 6.07) is 2.54. The predicted molar refractivity (Wildman–Crippen MR) is 155 cm³/mol. The third-order valence-corrected chi connectivity index (χ3v) is 9.47. The summed E-state index contributed by atoms with van der Waals surface area (Å²) in [6.45, 7) is 0.442. The lowest BCUT2D eigenvalue weighted by molar-refractivity contribution is -0.150. The monoisotopic (exact) mass is 609 g/mol. The number of allylic oxidation sites excluding steroid dienone is 1. The van der Waals surface area contributed by atoms with Crippen LogP contribution in [0.5, 0.6) is 0 Å². The van der Waals surface area contributed by atoms with Crippen molar-refractivity contribution in [2.75, 3.05) is 22.9 Å². The van der Waals surface area contributed by atoms with Gasteiger partial charge in [-0.2, -0.15) is 0 Å². The number of thioether (sulfide) groups is 1. The normalized spacial score (nSPS) is 23.8. The molecule has 218 valence electrons. The number of nitrogens with two attached hydrogens (primary N) is 1. The summed E-state index contributed by atoms with van der Waals surface area (Å²) < 4.78 is 0. The van der Waals surface area contributed by atoms with Gasteiger partial charge in [-0.05, 0) is 55.9 Å². The third kappa shape index (κ3) is 5.25. The molecule has 0 aromatic carbocycles. The fourth-order valence-corrected chi connectivity index (χ4v) is 7.26. The van der Waals surface area contributed by atoms with E-state index in [1.807, 2.05) is 0 Å². The van der Waals surface area contributed by atoms with E-state index in [0.717, 1.165) is 37.0 Å². The molecule has 0 unspecified atom stereocenters. The average Bonchev–Trinajstić information content (AvgIpc) is 3.74. The highest BCUT2D eigenvalue weighted by molar-refractivity contribution is 8.00. The van der Waals surface area contributed by atoms with Crippen LogP contribution in [-0.4, -0.2) is 79.2 Å². The van der Waals surface area contributed by atoms with Gasteiger partial charge >= 0.3 is 5.97 Å². The molecule has 0 spiro atoms. The lowest BCUT2D eigenvalue weighted by atomic mass is 10.0. The number of amides is 3. The van der Waals surface area contributed by atoms with Gasteiger partial charge < -0.3 is 25.9 Å². The molecule has 42 heavy (non-hydrogen) atoms. The minimum absolute atomic E-state index is 0.0979. The molecule has 6 rings (SSSR count). The number of nitrogens with one attached hydrogen (secondary N) is 1. The zero-order valence-electron chi connectivity index (χ0n) is 22.3. The Morgan fingerprint density at radius 3 is 2.76 bits per heavy atom. The topological polar surface area (TPSA) is 180 Å². The fourth-order valence-electron chi connectivity index (χ4n) is 5.40. The molecular formula is C27H27N7O6S2. The SMILES string of the molecule is Nc1nc(/C(=N/OC2CCCC2)C(=O)N[C@@H]2C(=O)N3C(C(=O)O)=C(C=C4CCN(c5cccnc5)C4=O)CS[C@H]23)cs1. The second-order valence-electron chi connectivity index (χ2n) is 10.2. The summed E-state index contributed by atoms with van der Waals surface area (Å²) in [5.41, 5.74) is 7.18. The summed E-state index contributed by atoms with van der Waals surface area (Å²) >= 11 is 2.45. The number of hydrogen-bond acceptors (Lipinski definition) is 11. The van der Waals surface area contributed by atoms with Gasteiger partial charge in [-0.1, -0.05) is 5.16 Å². The Bertz CT molecular complexity index is 1530. The number of rotatable bonds is 8. The number of carboxylic acid groups (broad SMARTS) is 1. The molecule has 1 saturated carbocycles. The van der Waals surface area contributed by atoms with Gasteiger partial charge in [0.25, 0.3) is 17.7 Å². The second-order valence-corrected chi connectivity index (χ2v) is 12.1. The van der Waals surface area contributed by atoms with Gasteiger partial charge in [0.2, 0.25) is 0 Å². The third-order valence-electron chi connectivity index (χ3n) is 7.49. The molecule has 15 heteroatoms. The molecule has 2 aromatic rings. The molecular weight excluding hydrogens is 582 g/mol. The summed E-state index contributed by atoms with van der Waals surface area (Å²) in [7, 11) is 0. The highest BCUT2D eigenvalue weighted by Gasteiger charge is 2.54. The van der Waals surface area contributed by atoms with E-state index in [2.05, 4.69) is 20.4 Å². The number of anilines is 2. The van der Waals surface area contributed by atoms with Crippen LogP contribution >= 0.6 is 23.1 Å².